The molecule has 2 aliphatic rings. The Bertz CT molecular complexity index is 1350. The number of fused-ring (bicyclic) bond motifs is 2. The second-order valence-electron chi connectivity index (χ2n) is 9.53. The number of hydrogen-bond acceptors (Lipinski definition) is 5. The molecule has 8 nitrogen and oxygen atoms in total. The van der Waals surface area contributed by atoms with Gasteiger partial charge in [0, 0.05) is 31.3 Å². The predicted molar refractivity (Wildman–Crippen MR) is 143 cm³/mol. The summed E-state index contributed by atoms with van der Waals surface area (Å²) in [6.45, 7) is 5.64. The van der Waals surface area contributed by atoms with E-state index in [9.17, 15) is 22.8 Å². The largest absolute Gasteiger partial charge is 0.405 e. The highest BCUT2D eigenvalue weighted by atomic mass is 19.4. The van der Waals surface area contributed by atoms with Crippen LogP contribution in [0.5, 0.6) is 0 Å². The molecular weight excluding hydrogens is 511 g/mol. The number of benzene rings is 2. The fourth-order valence-electron chi connectivity index (χ4n) is 5.06. The molecule has 11 heteroatoms. The second kappa shape index (κ2) is 11.6. The van der Waals surface area contributed by atoms with Crippen LogP contribution in [-0.2, 0) is 16.1 Å². The van der Waals surface area contributed by atoms with Gasteiger partial charge in [-0.3, -0.25) is 14.3 Å². The topological polar surface area (TPSA) is 79.7 Å². The molecule has 0 radical (unpaired) electrons. The van der Waals surface area contributed by atoms with Gasteiger partial charge in [0.25, 0.3) is 5.91 Å². The molecule has 1 atom stereocenters. The number of amides is 2. The number of aromatic nitrogens is 2. The summed E-state index contributed by atoms with van der Waals surface area (Å²) < 4.78 is 45.0. The summed E-state index contributed by atoms with van der Waals surface area (Å²) in [5.41, 5.74) is 4.60. The molecule has 3 aromatic rings. The van der Waals surface area contributed by atoms with Crippen molar-refractivity contribution in [3.8, 4) is 0 Å². The zero-order valence-corrected chi connectivity index (χ0v) is 22.6. The fraction of sp³-hybridized carbons (Fsp3) is 0.464. The Morgan fingerprint density at radius 1 is 1.23 bits per heavy atom. The summed E-state index contributed by atoms with van der Waals surface area (Å²) in [5, 5.41) is 7.65. The van der Waals surface area contributed by atoms with Gasteiger partial charge in [-0.05, 0) is 49.6 Å². The molecular formula is C28H34F3N5O3. The molecule has 0 spiro atoms. The quantitative estimate of drug-likeness (QED) is 0.465. The molecule has 2 aliphatic heterocycles. The van der Waals surface area contributed by atoms with Crippen LogP contribution in [0.2, 0.25) is 0 Å². The monoisotopic (exact) mass is 545 g/mol. The number of aryl methyl sites for hydroxylation is 1. The van der Waals surface area contributed by atoms with Crippen LogP contribution in [-0.4, -0.2) is 66.0 Å². The number of hydrogen-bond donors (Lipinski definition) is 1. The van der Waals surface area contributed by atoms with Crippen LogP contribution in [0.25, 0.3) is 10.9 Å². The van der Waals surface area contributed by atoms with Gasteiger partial charge < -0.3 is 19.9 Å². The zero-order chi connectivity index (χ0) is 28.3. The van der Waals surface area contributed by atoms with Crippen molar-refractivity contribution in [2.75, 3.05) is 38.3 Å². The molecule has 2 amide bonds. The van der Waals surface area contributed by atoms with Crippen molar-refractivity contribution < 1.29 is 27.5 Å². The number of rotatable bonds is 6. The van der Waals surface area contributed by atoms with E-state index in [-0.39, 0.29) is 18.5 Å². The molecule has 0 bridgehead atoms. The minimum Gasteiger partial charge on any atom is -0.379 e. The van der Waals surface area contributed by atoms with Crippen molar-refractivity contribution in [3.63, 3.8) is 0 Å². The van der Waals surface area contributed by atoms with E-state index in [0.717, 1.165) is 47.3 Å². The fourth-order valence-corrected chi connectivity index (χ4v) is 5.06. The Labute approximate surface area is 225 Å². The van der Waals surface area contributed by atoms with E-state index in [1.165, 1.54) is 4.90 Å². The SMILES string of the molecule is CC.Cc1nn(C2CCCOC2)c2cc(N(C)c3cccc4c3C(=O)N(CC(=O)NCC(F)(F)F)C4)ccc12. The molecule has 1 fully saturated rings. The van der Waals surface area contributed by atoms with Gasteiger partial charge in [0.1, 0.15) is 13.1 Å². The van der Waals surface area contributed by atoms with Crippen molar-refractivity contribution >= 4 is 34.1 Å². The van der Waals surface area contributed by atoms with Crippen LogP contribution >= 0.6 is 0 Å². The first-order valence-corrected chi connectivity index (χ1v) is 13.2. The molecule has 0 aliphatic carbocycles. The third-order valence-corrected chi connectivity index (χ3v) is 6.92. The van der Waals surface area contributed by atoms with E-state index in [0.29, 0.717) is 17.9 Å². The standard InChI is InChI=1S/C26H28F3N5O3.C2H6/c1-16-20-9-8-18(11-22(20)34(31-16)19-6-4-10-37-14-19)32(2)21-7-3-5-17-12-33(25(36)24(17)21)13-23(35)30-15-26(27,28)29;1-2/h3,5,7-9,11,19H,4,6,10,12-15H2,1-2H3,(H,30,35);1-2H3. The lowest BCUT2D eigenvalue weighted by atomic mass is 10.1. The summed E-state index contributed by atoms with van der Waals surface area (Å²) in [5.74, 6) is -1.24. The Hall–Kier alpha value is -3.60. The lowest BCUT2D eigenvalue weighted by molar-refractivity contribution is -0.138. The average molecular weight is 546 g/mol. The van der Waals surface area contributed by atoms with Crippen molar-refractivity contribution in [3.05, 3.63) is 53.2 Å². The van der Waals surface area contributed by atoms with Gasteiger partial charge in [-0.15, -0.1) is 0 Å². The molecule has 210 valence electrons. The number of nitrogens with zero attached hydrogens (tertiary/aromatic N) is 4. The molecule has 5 rings (SSSR count). The second-order valence-corrected chi connectivity index (χ2v) is 9.53. The highest BCUT2D eigenvalue weighted by Gasteiger charge is 2.34. The summed E-state index contributed by atoms with van der Waals surface area (Å²) in [6.07, 6.45) is -2.54. The number of halogens is 3. The van der Waals surface area contributed by atoms with E-state index in [2.05, 4.69) is 0 Å². The van der Waals surface area contributed by atoms with Crippen LogP contribution in [0.4, 0.5) is 24.5 Å². The van der Waals surface area contributed by atoms with Gasteiger partial charge in [-0.2, -0.15) is 18.3 Å². The normalized spacial score (nSPS) is 17.1. The van der Waals surface area contributed by atoms with Gasteiger partial charge >= 0.3 is 6.18 Å². The van der Waals surface area contributed by atoms with Gasteiger partial charge in [-0.1, -0.05) is 26.0 Å². The van der Waals surface area contributed by atoms with Crippen molar-refractivity contribution in [2.24, 2.45) is 0 Å². The third-order valence-electron chi connectivity index (χ3n) is 6.92. The van der Waals surface area contributed by atoms with E-state index in [1.54, 1.807) is 6.07 Å². The van der Waals surface area contributed by atoms with Crippen LogP contribution in [0.15, 0.2) is 36.4 Å². The molecule has 1 N–H and O–H groups in total. The van der Waals surface area contributed by atoms with Crippen molar-refractivity contribution in [2.45, 2.75) is 52.4 Å². The highest BCUT2D eigenvalue weighted by Crippen LogP contribution is 2.36. The molecule has 1 saturated heterocycles. The first-order chi connectivity index (χ1) is 18.6. The van der Waals surface area contributed by atoms with Crippen LogP contribution < -0.4 is 10.2 Å². The highest BCUT2D eigenvalue weighted by molar-refractivity contribution is 6.05. The number of carbonyl (C=O) groups excluding carboxylic acids is 2. The summed E-state index contributed by atoms with van der Waals surface area (Å²) in [7, 11) is 1.86. The number of ether oxygens (including phenoxy) is 1. The third kappa shape index (κ3) is 6.03. The van der Waals surface area contributed by atoms with Gasteiger partial charge in [-0.25, -0.2) is 0 Å². The van der Waals surface area contributed by atoms with Crippen LogP contribution in [0.3, 0.4) is 0 Å². The first-order valence-electron chi connectivity index (χ1n) is 13.2. The summed E-state index contributed by atoms with van der Waals surface area (Å²) >= 11 is 0. The zero-order valence-electron chi connectivity index (χ0n) is 22.6. The minimum absolute atomic E-state index is 0.155. The van der Waals surface area contributed by atoms with Gasteiger partial charge in [0.2, 0.25) is 5.91 Å². The van der Waals surface area contributed by atoms with Gasteiger partial charge in [0.15, 0.2) is 0 Å². The molecule has 1 aromatic heterocycles. The predicted octanol–water partition coefficient (Wildman–Crippen LogP) is 5.12. The number of alkyl halides is 3. The first kappa shape index (κ1) is 28.4. The number of nitrogens with one attached hydrogen (secondary N) is 1. The maximum Gasteiger partial charge on any atom is 0.405 e. The Kier molecular flexibility index (Phi) is 8.48. The maximum absolute atomic E-state index is 13.2. The number of anilines is 2. The lowest BCUT2D eigenvalue weighted by Crippen LogP contribution is -2.41. The molecule has 3 heterocycles. The van der Waals surface area contributed by atoms with E-state index in [4.69, 9.17) is 9.84 Å². The smallest absolute Gasteiger partial charge is 0.379 e. The van der Waals surface area contributed by atoms with Crippen LogP contribution in [0, 0.1) is 6.92 Å². The van der Waals surface area contributed by atoms with E-state index < -0.39 is 25.2 Å². The molecule has 0 saturated carbocycles. The van der Waals surface area contributed by atoms with Gasteiger partial charge in [0.05, 0.1) is 35.1 Å². The Morgan fingerprint density at radius 2 is 2.00 bits per heavy atom. The van der Waals surface area contributed by atoms with Crippen molar-refractivity contribution in [1.29, 1.82) is 0 Å². The summed E-state index contributed by atoms with van der Waals surface area (Å²) in [6, 6.07) is 11.6. The average Bonchev–Trinajstić information content (AvgIpc) is 3.44. The minimum atomic E-state index is -4.51. The van der Waals surface area contributed by atoms with E-state index in [1.807, 2.05) is 73.0 Å². The lowest BCUT2D eigenvalue weighted by Gasteiger charge is -2.24. The Morgan fingerprint density at radius 3 is 2.69 bits per heavy atom. The van der Waals surface area contributed by atoms with E-state index >= 15 is 0 Å². The molecule has 2 aromatic carbocycles. The summed E-state index contributed by atoms with van der Waals surface area (Å²) in [4.78, 5) is 28.4. The molecule has 1 unspecified atom stereocenters. The number of carbonyl (C=O) groups is 2. The van der Waals surface area contributed by atoms with Crippen molar-refractivity contribution in [1.82, 2.24) is 20.0 Å². The van der Waals surface area contributed by atoms with Crippen LogP contribution in [0.1, 0.15) is 54.3 Å². The Balaban J connectivity index is 0.00000172. The maximum atomic E-state index is 13.2. The molecule has 39 heavy (non-hydrogen) atoms.